The summed E-state index contributed by atoms with van der Waals surface area (Å²) >= 11 is 0. The van der Waals surface area contributed by atoms with Crippen molar-refractivity contribution in [1.82, 2.24) is 4.90 Å². The summed E-state index contributed by atoms with van der Waals surface area (Å²) in [6, 6.07) is 4.43. The number of carbonyl (C=O) groups is 2. The molecule has 2 rings (SSSR count). The zero-order valence-electron chi connectivity index (χ0n) is 10.3. The fraction of sp³-hybridized carbons (Fsp3) is 0.385. The third-order valence-electron chi connectivity index (χ3n) is 3.20. The van der Waals surface area contributed by atoms with Crippen molar-refractivity contribution in [3.05, 3.63) is 35.4 Å². The van der Waals surface area contributed by atoms with Crippen LogP contribution >= 0.6 is 0 Å². The fourth-order valence-corrected chi connectivity index (χ4v) is 2.10. The minimum Gasteiger partial charge on any atom is -0.550 e. The highest BCUT2D eigenvalue weighted by Crippen LogP contribution is 2.29. The van der Waals surface area contributed by atoms with Gasteiger partial charge in [0, 0.05) is 31.4 Å². The first kappa shape index (κ1) is 14.4. The van der Waals surface area contributed by atoms with E-state index in [1.807, 2.05) is 0 Å². The molecular weight excluding hydrogens is 275 g/mol. The van der Waals surface area contributed by atoms with Crippen LogP contribution in [0.1, 0.15) is 17.5 Å². The predicted octanol–water partition coefficient (Wildman–Crippen LogP) is 0.804. The van der Waals surface area contributed by atoms with Gasteiger partial charge in [-0.3, -0.25) is 4.79 Å². The van der Waals surface area contributed by atoms with Gasteiger partial charge in [-0.05, 0) is 17.7 Å². The van der Waals surface area contributed by atoms with Gasteiger partial charge in [0.15, 0.2) is 0 Å². The first-order valence-corrected chi connectivity index (χ1v) is 5.92. The molecule has 1 fully saturated rings. The lowest BCUT2D eigenvalue weighted by Gasteiger charge is -2.17. The molecule has 20 heavy (non-hydrogen) atoms. The van der Waals surface area contributed by atoms with E-state index in [2.05, 4.69) is 0 Å². The molecule has 0 bridgehead atoms. The van der Waals surface area contributed by atoms with Crippen LogP contribution < -0.4 is 5.11 Å². The van der Waals surface area contributed by atoms with E-state index in [1.165, 1.54) is 17.0 Å². The van der Waals surface area contributed by atoms with E-state index in [1.54, 1.807) is 0 Å². The minimum atomic E-state index is -4.40. The molecule has 1 heterocycles. The maximum atomic E-state index is 12.4. The van der Waals surface area contributed by atoms with E-state index in [-0.39, 0.29) is 25.4 Å². The summed E-state index contributed by atoms with van der Waals surface area (Å²) in [6.45, 7) is 0.128. The minimum absolute atomic E-state index is 0.0299. The normalized spacial score (nSPS) is 19.4. The molecule has 1 aliphatic heterocycles. The van der Waals surface area contributed by atoms with E-state index in [0.717, 1.165) is 12.1 Å². The average molecular weight is 286 g/mol. The van der Waals surface area contributed by atoms with Crippen molar-refractivity contribution >= 4 is 11.9 Å². The second-order valence-corrected chi connectivity index (χ2v) is 4.69. The van der Waals surface area contributed by atoms with Crippen molar-refractivity contribution < 1.29 is 27.9 Å². The van der Waals surface area contributed by atoms with Gasteiger partial charge in [-0.1, -0.05) is 12.1 Å². The Kier molecular flexibility index (Phi) is 3.69. The zero-order valence-corrected chi connectivity index (χ0v) is 10.3. The number of carboxylic acid groups (broad SMARTS) is 1. The maximum Gasteiger partial charge on any atom is 0.416 e. The van der Waals surface area contributed by atoms with Crippen molar-refractivity contribution in [2.24, 2.45) is 5.92 Å². The Labute approximate surface area is 112 Å². The summed E-state index contributed by atoms with van der Waals surface area (Å²) in [5.41, 5.74) is -0.244. The largest absolute Gasteiger partial charge is 0.550 e. The number of carbonyl (C=O) groups excluding carboxylic acids is 2. The molecule has 0 unspecified atom stereocenters. The number of alkyl halides is 3. The number of hydrogen-bond donors (Lipinski definition) is 0. The molecule has 108 valence electrons. The Morgan fingerprint density at radius 2 is 1.90 bits per heavy atom. The molecule has 7 heteroatoms. The third kappa shape index (κ3) is 3.09. The second kappa shape index (κ2) is 5.15. The summed E-state index contributed by atoms with van der Waals surface area (Å²) < 4.78 is 37.2. The Hall–Kier alpha value is -2.05. The number of nitrogens with zero attached hydrogens (tertiary/aromatic N) is 1. The second-order valence-electron chi connectivity index (χ2n) is 4.69. The molecule has 0 spiro atoms. The third-order valence-corrected chi connectivity index (χ3v) is 3.20. The molecule has 0 radical (unpaired) electrons. The molecule has 1 amide bonds. The van der Waals surface area contributed by atoms with Crippen LogP contribution in [0, 0.1) is 5.92 Å². The van der Waals surface area contributed by atoms with Crippen LogP contribution in [0.3, 0.4) is 0 Å². The van der Waals surface area contributed by atoms with Gasteiger partial charge in [0.25, 0.3) is 0 Å². The molecule has 0 aliphatic carbocycles. The fourth-order valence-electron chi connectivity index (χ4n) is 2.10. The van der Waals surface area contributed by atoms with E-state index < -0.39 is 23.6 Å². The summed E-state index contributed by atoms with van der Waals surface area (Å²) in [6.07, 6.45) is -4.52. The van der Waals surface area contributed by atoms with Crippen LogP contribution in [-0.2, 0) is 22.3 Å². The molecule has 1 aliphatic rings. The maximum absolute atomic E-state index is 12.4. The van der Waals surface area contributed by atoms with Crippen molar-refractivity contribution in [2.45, 2.75) is 19.1 Å². The van der Waals surface area contributed by atoms with Crippen molar-refractivity contribution in [2.75, 3.05) is 6.54 Å². The Morgan fingerprint density at radius 3 is 2.35 bits per heavy atom. The molecule has 1 atom stereocenters. The number of hydrogen-bond acceptors (Lipinski definition) is 3. The zero-order chi connectivity index (χ0) is 14.9. The lowest BCUT2D eigenvalue weighted by Crippen LogP contribution is -2.33. The van der Waals surface area contributed by atoms with Crippen molar-refractivity contribution in [1.29, 1.82) is 0 Å². The number of carboxylic acids is 1. The first-order chi connectivity index (χ1) is 9.27. The lowest BCUT2D eigenvalue weighted by atomic mass is 10.1. The van der Waals surface area contributed by atoms with Gasteiger partial charge in [0.1, 0.15) is 0 Å². The van der Waals surface area contributed by atoms with E-state index in [9.17, 15) is 27.9 Å². The number of rotatable bonds is 3. The molecular formula is C13H11F3NO3-. The van der Waals surface area contributed by atoms with E-state index >= 15 is 0 Å². The highest BCUT2D eigenvalue weighted by atomic mass is 19.4. The van der Waals surface area contributed by atoms with Crippen LogP contribution in [0.25, 0.3) is 0 Å². The molecule has 1 saturated heterocycles. The highest BCUT2D eigenvalue weighted by molar-refractivity contribution is 5.85. The number of benzene rings is 1. The Bertz CT molecular complexity index is 525. The molecule has 0 N–H and O–H groups in total. The molecule has 4 nitrogen and oxygen atoms in total. The predicted molar refractivity (Wildman–Crippen MR) is 60.0 cm³/mol. The molecule has 1 aromatic carbocycles. The monoisotopic (exact) mass is 286 g/mol. The SMILES string of the molecule is O=C([O-])[C@H]1CC(=O)N(Cc2ccc(C(F)(F)F)cc2)C1. The molecule has 0 aromatic heterocycles. The van der Waals surface area contributed by atoms with Gasteiger partial charge in [-0.25, -0.2) is 0 Å². The lowest BCUT2D eigenvalue weighted by molar-refractivity contribution is -0.311. The van der Waals surface area contributed by atoms with Crippen LogP contribution in [0.15, 0.2) is 24.3 Å². The van der Waals surface area contributed by atoms with E-state index in [0.29, 0.717) is 5.56 Å². The Morgan fingerprint density at radius 1 is 1.30 bits per heavy atom. The summed E-state index contributed by atoms with van der Waals surface area (Å²) in [5.74, 6) is -2.47. The summed E-state index contributed by atoms with van der Waals surface area (Å²) in [4.78, 5) is 23.6. The number of aliphatic carboxylic acids is 1. The van der Waals surface area contributed by atoms with Crippen molar-refractivity contribution in [3.8, 4) is 0 Å². The summed E-state index contributed by atoms with van der Waals surface area (Å²) in [7, 11) is 0. The topological polar surface area (TPSA) is 60.4 Å². The number of halogens is 3. The molecule has 1 aromatic rings. The van der Waals surface area contributed by atoms with Gasteiger partial charge < -0.3 is 14.8 Å². The standard InChI is InChI=1S/C13H12F3NO3/c14-13(15,16)10-3-1-8(2-4-10)6-17-7-9(12(19)20)5-11(17)18/h1-4,9H,5-7H2,(H,19,20)/p-1/t9-/m0/s1. The van der Waals surface area contributed by atoms with Crippen LogP contribution in [-0.4, -0.2) is 23.3 Å². The Balaban J connectivity index is 2.04. The van der Waals surface area contributed by atoms with Gasteiger partial charge in [0.05, 0.1) is 5.56 Å². The van der Waals surface area contributed by atoms with Crippen molar-refractivity contribution in [3.63, 3.8) is 0 Å². The number of likely N-dealkylation sites (tertiary alicyclic amines) is 1. The smallest absolute Gasteiger partial charge is 0.416 e. The van der Waals surface area contributed by atoms with Gasteiger partial charge in [-0.15, -0.1) is 0 Å². The van der Waals surface area contributed by atoms with Crippen LogP contribution in [0.4, 0.5) is 13.2 Å². The van der Waals surface area contributed by atoms with Gasteiger partial charge >= 0.3 is 6.18 Å². The van der Waals surface area contributed by atoms with Crippen LogP contribution in [0.5, 0.6) is 0 Å². The number of amides is 1. The average Bonchev–Trinajstić information content (AvgIpc) is 2.71. The van der Waals surface area contributed by atoms with E-state index in [4.69, 9.17) is 0 Å². The van der Waals surface area contributed by atoms with Crippen LogP contribution in [0.2, 0.25) is 0 Å². The van der Waals surface area contributed by atoms with Gasteiger partial charge in [0.2, 0.25) is 5.91 Å². The summed E-state index contributed by atoms with van der Waals surface area (Å²) in [5, 5.41) is 10.7. The highest BCUT2D eigenvalue weighted by Gasteiger charge is 2.31. The van der Waals surface area contributed by atoms with Gasteiger partial charge in [-0.2, -0.15) is 13.2 Å². The quantitative estimate of drug-likeness (QED) is 0.826. The first-order valence-electron chi connectivity index (χ1n) is 5.92. The molecule has 0 saturated carbocycles.